The second-order valence-electron chi connectivity index (χ2n) is 5.84. The maximum absolute atomic E-state index is 5.49. The Morgan fingerprint density at radius 3 is 2.29 bits per heavy atom. The highest BCUT2D eigenvalue weighted by molar-refractivity contribution is 7.80. The van der Waals surface area contributed by atoms with Gasteiger partial charge >= 0.3 is 0 Å². The van der Waals surface area contributed by atoms with Crippen molar-refractivity contribution in [3.8, 4) is 5.75 Å². The Morgan fingerprint density at radius 2 is 1.54 bits per heavy atom. The van der Waals surface area contributed by atoms with Crippen LogP contribution in [-0.4, -0.2) is 25.3 Å². The number of anilines is 3. The molecule has 5 heteroatoms. The number of methoxy groups -OCH3 is 1. The molecule has 1 fully saturated rings. The van der Waals surface area contributed by atoms with E-state index in [-0.39, 0.29) is 0 Å². The number of nitrogens with zero attached hydrogens (tertiary/aromatic N) is 1. The molecule has 126 valence electrons. The molecule has 0 aromatic heterocycles. The standard InChI is InChI=1S/C19H23N3OS/c1-23-18-12-6-4-10-16(18)21-19(24)20-15-9-3-5-11-17(15)22-13-7-2-8-14-22/h3-6,9-12H,2,7-8,13-14H2,1H3,(H2,20,21,24). The van der Waals surface area contributed by atoms with E-state index in [0.29, 0.717) is 5.11 Å². The van der Waals surface area contributed by atoms with Gasteiger partial charge in [0.05, 0.1) is 24.2 Å². The van der Waals surface area contributed by atoms with E-state index in [0.717, 1.165) is 30.2 Å². The Kier molecular flexibility index (Phi) is 5.54. The summed E-state index contributed by atoms with van der Waals surface area (Å²) in [5, 5.41) is 7.11. The second-order valence-corrected chi connectivity index (χ2v) is 6.25. The van der Waals surface area contributed by atoms with Crippen molar-refractivity contribution in [2.75, 3.05) is 35.7 Å². The Labute approximate surface area is 148 Å². The minimum Gasteiger partial charge on any atom is -0.495 e. The normalized spacial score (nSPS) is 14.1. The van der Waals surface area contributed by atoms with Crippen LogP contribution in [0.15, 0.2) is 48.5 Å². The third kappa shape index (κ3) is 3.97. The molecule has 0 amide bonds. The van der Waals surface area contributed by atoms with Gasteiger partial charge in [-0.2, -0.15) is 0 Å². The molecule has 3 rings (SSSR count). The van der Waals surface area contributed by atoms with E-state index in [1.807, 2.05) is 30.3 Å². The highest BCUT2D eigenvalue weighted by Gasteiger charge is 2.15. The lowest BCUT2D eigenvalue weighted by molar-refractivity contribution is 0.417. The van der Waals surface area contributed by atoms with Crippen LogP contribution in [-0.2, 0) is 0 Å². The van der Waals surface area contributed by atoms with Crippen LogP contribution in [0.1, 0.15) is 19.3 Å². The quantitative estimate of drug-likeness (QED) is 0.801. The monoisotopic (exact) mass is 341 g/mol. The molecule has 1 aliphatic rings. The zero-order valence-electron chi connectivity index (χ0n) is 13.9. The van der Waals surface area contributed by atoms with E-state index in [9.17, 15) is 0 Å². The Hall–Kier alpha value is -2.27. The van der Waals surface area contributed by atoms with Gasteiger partial charge in [0, 0.05) is 13.1 Å². The zero-order chi connectivity index (χ0) is 16.8. The zero-order valence-corrected chi connectivity index (χ0v) is 14.7. The molecule has 0 saturated carbocycles. The van der Waals surface area contributed by atoms with E-state index < -0.39 is 0 Å². The number of rotatable bonds is 4. The molecule has 1 saturated heterocycles. The molecule has 2 aromatic carbocycles. The highest BCUT2D eigenvalue weighted by atomic mass is 32.1. The van der Waals surface area contributed by atoms with E-state index >= 15 is 0 Å². The first-order valence-corrected chi connectivity index (χ1v) is 8.74. The molecule has 24 heavy (non-hydrogen) atoms. The summed E-state index contributed by atoms with van der Waals surface area (Å²) in [6, 6.07) is 16.1. The predicted octanol–water partition coefficient (Wildman–Crippen LogP) is 4.49. The first kappa shape index (κ1) is 16.6. The lowest BCUT2D eigenvalue weighted by Crippen LogP contribution is -2.30. The van der Waals surface area contributed by atoms with E-state index in [2.05, 4.69) is 33.7 Å². The van der Waals surface area contributed by atoms with Gasteiger partial charge in [0.15, 0.2) is 5.11 Å². The maximum atomic E-state index is 5.49. The maximum Gasteiger partial charge on any atom is 0.175 e. The van der Waals surface area contributed by atoms with Crippen LogP contribution in [0.25, 0.3) is 0 Å². The number of benzene rings is 2. The van der Waals surface area contributed by atoms with Gasteiger partial charge in [0.25, 0.3) is 0 Å². The molecule has 2 N–H and O–H groups in total. The minimum absolute atomic E-state index is 0.559. The topological polar surface area (TPSA) is 36.5 Å². The fraction of sp³-hybridized carbons (Fsp3) is 0.316. The van der Waals surface area contributed by atoms with Crippen LogP contribution in [0, 0.1) is 0 Å². The van der Waals surface area contributed by atoms with Gasteiger partial charge in [0.1, 0.15) is 5.75 Å². The van der Waals surface area contributed by atoms with Crippen molar-refractivity contribution in [3.05, 3.63) is 48.5 Å². The predicted molar refractivity (Wildman–Crippen MR) is 105 cm³/mol. The van der Waals surface area contributed by atoms with Crippen molar-refractivity contribution in [1.29, 1.82) is 0 Å². The van der Waals surface area contributed by atoms with Gasteiger partial charge in [-0.3, -0.25) is 0 Å². The average molecular weight is 341 g/mol. The van der Waals surface area contributed by atoms with Crippen LogP contribution in [0.3, 0.4) is 0 Å². The molecular formula is C19H23N3OS. The summed E-state index contributed by atoms with van der Waals surface area (Å²) in [5.74, 6) is 0.769. The molecular weight excluding hydrogens is 318 g/mol. The van der Waals surface area contributed by atoms with E-state index in [1.54, 1.807) is 7.11 Å². The first-order valence-electron chi connectivity index (χ1n) is 8.33. The van der Waals surface area contributed by atoms with Gasteiger partial charge in [-0.15, -0.1) is 0 Å². The molecule has 2 aromatic rings. The summed E-state index contributed by atoms with van der Waals surface area (Å²) < 4.78 is 5.36. The number of para-hydroxylation sites is 4. The lowest BCUT2D eigenvalue weighted by atomic mass is 10.1. The number of hydrogen-bond acceptors (Lipinski definition) is 3. The van der Waals surface area contributed by atoms with Crippen molar-refractivity contribution in [1.82, 2.24) is 0 Å². The van der Waals surface area contributed by atoms with Gasteiger partial charge in [0.2, 0.25) is 0 Å². The third-order valence-corrected chi connectivity index (χ3v) is 4.41. The molecule has 0 unspecified atom stereocenters. The summed E-state index contributed by atoms with van der Waals surface area (Å²) in [5.41, 5.74) is 3.10. The number of hydrogen-bond donors (Lipinski definition) is 2. The molecule has 0 spiro atoms. The molecule has 0 bridgehead atoms. The highest BCUT2D eigenvalue weighted by Crippen LogP contribution is 2.29. The van der Waals surface area contributed by atoms with Gasteiger partial charge in [-0.1, -0.05) is 24.3 Å². The van der Waals surface area contributed by atoms with Gasteiger partial charge in [-0.25, -0.2) is 0 Å². The SMILES string of the molecule is COc1ccccc1NC(=S)Nc1ccccc1N1CCCCC1. The van der Waals surface area contributed by atoms with Crippen LogP contribution in [0.5, 0.6) is 5.75 Å². The number of piperidine rings is 1. The molecule has 0 atom stereocenters. The Bertz CT molecular complexity index is 699. The fourth-order valence-corrected chi connectivity index (χ4v) is 3.23. The Morgan fingerprint density at radius 1 is 0.917 bits per heavy atom. The van der Waals surface area contributed by atoms with Crippen LogP contribution < -0.4 is 20.3 Å². The third-order valence-electron chi connectivity index (χ3n) is 4.20. The molecule has 4 nitrogen and oxygen atoms in total. The molecule has 0 aliphatic carbocycles. The molecule has 0 radical (unpaired) electrons. The largest absolute Gasteiger partial charge is 0.495 e. The van der Waals surface area contributed by atoms with Crippen molar-refractivity contribution in [3.63, 3.8) is 0 Å². The Balaban J connectivity index is 1.72. The van der Waals surface area contributed by atoms with Crippen molar-refractivity contribution < 1.29 is 4.74 Å². The van der Waals surface area contributed by atoms with Gasteiger partial charge in [-0.05, 0) is 55.7 Å². The van der Waals surface area contributed by atoms with Crippen molar-refractivity contribution >= 4 is 34.4 Å². The number of nitrogens with one attached hydrogen (secondary N) is 2. The van der Waals surface area contributed by atoms with Crippen molar-refractivity contribution in [2.24, 2.45) is 0 Å². The van der Waals surface area contributed by atoms with Crippen LogP contribution in [0.2, 0.25) is 0 Å². The van der Waals surface area contributed by atoms with E-state index in [4.69, 9.17) is 17.0 Å². The minimum atomic E-state index is 0.559. The second kappa shape index (κ2) is 8.02. The fourth-order valence-electron chi connectivity index (χ4n) is 3.01. The number of ether oxygens (including phenoxy) is 1. The summed E-state index contributed by atoms with van der Waals surface area (Å²) in [4.78, 5) is 2.43. The van der Waals surface area contributed by atoms with Crippen LogP contribution >= 0.6 is 12.2 Å². The lowest BCUT2D eigenvalue weighted by Gasteiger charge is -2.30. The summed E-state index contributed by atoms with van der Waals surface area (Å²) >= 11 is 5.49. The smallest absolute Gasteiger partial charge is 0.175 e. The summed E-state index contributed by atoms with van der Waals surface area (Å²) in [6.45, 7) is 2.21. The average Bonchev–Trinajstić information content (AvgIpc) is 2.63. The number of thiocarbonyl (C=S) groups is 1. The summed E-state index contributed by atoms with van der Waals surface area (Å²) in [6.07, 6.45) is 3.82. The van der Waals surface area contributed by atoms with E-state index in [1.165, 1.54) is 24.9 Å². The van der Waals surface area contributed by atoms with Crippen LogP contribution in [0.4, 0.5) is 17.1 Å². The van der Waals surface area contributed by atoms with Gasteiger partial charge < -0.3 is 20.3 Å². The van der Waals surface area contributed by atoms with Crippen molar-refractivity contribution in [2.45, 2.75) is 19.3 Å². The first-order chi connectivity index (χ1) is 11.8. The molecule has 1 heterocycles. The molecule has 1 aliphatic heterocycles. The summed E-state index contributed by atoms with van der Waals surface area (Å²) in [7, 11) is 1.66.